The third kappa shape index (κ3) is 5.30. The Bertz CT molecular complexity index is 351. The second kappa shape index (κ2) is 7.42. The van der Waals surface area contributed by atoms with E-state index in [-0.39, 0.29) is 18.5 Å². The fourth-order valence-electron chi connectivity index (χ4n) is 1.33. The minimum atomic E-state index is -0.208. The Hall–Kier alpha value is -0.910. The second-order valence-electron chi connectivity index (χ2n) is 4.04. The molecule has 0 amide bonds. The third-order valence-electron chi connectivity index (χ3n) is 2.37. The minimum absolute atomic E-state index is 0.199. The van der Waals surface area contributed by atoms with E-state index in [0.717, 1.165) is 18.0 Å². The van der Waals surface area contributed by atoms with Gasteiger partial charge in [-0.1, -0.05) is 6.92 Å². The SMILES string of the molecule is COC(=O)Cc1ccc(CNCC(C)CO)s1. The first-order chi connectivity index (χ1) is 8.15. The number of nitrogens with one attached hydrogen (secondary N) is 1. The first-order valence-electron chi connectivity index (χ1n) is 5.61. The molecule has 0 aliphatic heterocycles. The Morgan fingerprint density at radius 3 is 2.88 bits per heavy atom. The Morgan fingerprint density at radius 2 is 2.24 bits per heavy atom. The summed E-state index contributed by atoms with van der Waals surface area (Å²) in [6.07, 6.45) is 0.341. The number of hydrogen-bond donors (Lipinski definition) is 2. The molecule has 1 heterocycles. The average Bonchev–Trinajstić information content (AvgIpc) is 2.76. The van der Waals surface area contributed by atoms with E-state index in [2.05, 4.69) is 10.1 Å². The van der Waals surface area contributed by atoms with Crippen molar-refractivity contribution in [2.75, 3.05) is 20.3 Å². The van der Waals surface area contributed by atoms with Gasteiger partial charge in [-0.05, 0) is 18.1 Å². The molecule has 0 spiro atoms. The summed E-state index contributed by atoms with van der Waals surface area (Å²) in [4.78, 5) is 13.3. The fraction of sp³-hybridized carbons (Fsp3) is 0.583. The first-order valence-corrected chi connectivity index (χ1v) is 6.43. The topological polar surface area (TPSA) is 58.6 Å². The number of rotatable bonds is 7. The van der Waals surface area contributed by atoms with Gasteiger partial charge >= 0.3 is 5.97 Å². The van der Waals surface area contributed by atoms with E-state index in [9.17, 15) is 4.79 Å². The van der Waals surface area contributed by atoms with E-state index in [1.54, 1.807) is 11.3 Å². The Balaban J connectivity index is 2.33. The molecule has 0 aliphatic rings. The lowest BCUT2D eigenvalue weighted by atomic mass is 10.2. The molecular weight excluding hydrogens is 238 g/mol. The quantitative estimate of drug-likeness (QED) is 0.720. The Morgan fingerprint density at radius 1 is 1.53 bits per heavy atom. The van der Waals surface area contributed by atoms with Gasteiger partial charge in [0.2, 0.25) is 0 Å². The van der Waals surface area contributed by atoms with Gasteiger partial charge in [-0.25, -0.2) is 0 Å². The standard InChI is InChI=1S/C12H19NO3S/c1-9(8-14)6-13-7-11-4-3-10(17-11)5-12(15)16-2/h3-4,9,13-14H,5-8H2,1-2H3. The summed E-state index contributed by atoms with van der Waals surface area (Å²) in [5, 5.41) is 12.1. The molecule has 1 aromatic heterocycles. The van der Waals surface area contributed by atoms with Crippen molar-refractivity contribution in [3.63, 3.8) is 0 Å². The zero-order chi connectivity index (χ0) is 12.7. The lowest BCUT2D eigenvalue weighted by molar-refractivity contribution is -0.139. The van der Waals surface area contributed by atoms with Crippen LogP contribution in [0.3, 0.4) is 0 Å². The van der Waals surface area contributed by atoms with Crippen LogP contribution in [0.25, 0.3) is 0 Å². The number of methoxy groups -OCH3 is 1. The molecule has 17 heavy (non-hydrogen) atoms. The largest absolute Gasteiger partial charge is 0.469 e. The maximum atomic E-state index is 11.1. The minimum Gasteiger partial charge on any atom is -0.469 e. The van der Waals surface area contributed by atoms with Gasteiger partial charge in [0.1, 0.15) is 0 Å². The van der Waals surface area contributed by atoms with Crippen LogP contribution >= 0.6 is 11.3 Å². The summed E-state index contributed by atoms with van der Waals surface area (Å²) >= 11 is 1.61. The van der Waals surface area contributed by atoms with Crippen molar-refractivity contribution in [3.8, 4) is 0 Å². The maximum Gasteiger partial charge on any atom is 0.310 e. The number of carbonyl (C=O) groups excluding carboxylic acids is 1. The molecular formula is C12H19NO3S. The van der Waals surface area contributed by atoms with Crippen LogP contribution in [0, 0.1) is 5.92 Å². The lowest BCUT2D eigenvalue weighted by Gasteiger charge is -2.07. The predicted octanol–water partition coefficient (Wildman–Crippen LogP) is 1.18. The number of aliphatic hydroxyl groups excluding tert-OH is 1. The summed E-state index contributed by atoms with van der Waals surface area (Å²) in [6.45, 7) is 3.76. The molecule has 1 rings (SSSR count). The first kappa shape index (κ1) is 14.2. The van der Waals surface area contributed by atoms with Crippen LogP contribution in [0.4, 0.5) is 0 Å². The molecule has 4 nitrogen and oxygen atoms in total. The van der Waals surface area contributed by atoms with Crippen molar-refractivity contribution in [1.82, 2.24) is 5.32 Å². The predicted molar refractivity (Wildman–Crippen MR) is 68.0 cm³/mol. The van der Waals surface area contributed by atoms with Gasteiger partial charge in [0.15, 0.2) is 0 Å². The number of carbonyl (C=O) groups is 1. The van der Waals surface area contributed by atoms with Crippen molar-refractivity contribution in [3.05, 3.63) is 21.9 Å². The lowest BCUT2D eigenvalue weighted by Crippen LogP contribution is -2.22. The van der Waals surface area contributed by atoms with Crippen LogP contribution in [-0.4, -0.2) is 31.3 Å². The van der Waals surface area contributed by atoms with Crippen molar-refractivity contribution in [2.24, 2.45) is 5.92 Å². The van der Waals surface area contributed by atoms with Gasteiger partial charge in [0.05, 0.1) is 13.5 Å². The highest BCUT2D eigenvalue weighted by Crippen LogP contribution is 2.17. The number of aliphatic hydroxyl groups is 1. The van der Waals surface area contributed by atoms with Crippen LogP contribution in [0.2, 0.25) is 0 Å². The molecule has 0 aromatic carbocycles. The average molecular weight is 257 g/mol. The second-order valence-corrected chi connectivity index (χ2v) is 5.29. The van der Waals surface area contributed by atoms with Gasteiger partial charge < -0.3 is 15.2 Å². The van der Waals surface area contributed by atoms with E-state index in [1.165, 1.54) is 12.0 Å². The molecule has 1 unspecified atom stereocenters. The van der Waals surface area contributed by atoms with E-state index >= 15 is 0 Å². The molecule has 1 aromatic rings. The van der Waals surface area contributed by atoms with Gasteiger partial charge in [0, 0.05) is 29.5 Å². The summed E-state index contributed by atoms with van der Waals surface area (Å²) in [7, 11) is 1.40. The van der Waals surface area contributed by atoms with Crippen molar-refractivity contribution >= 4 is 17.3 Å². The molecule has 0 saturated heterocycles. The van der Waals surface area contributed by atoms with Crippen molar-refractivity contribution in [2.45, 2.75) is 19.9 Å². The van der Waals surface area contributed by atoms with Crippen LogP contribution in [0.15, 0.2) is 12.1 Å². The number of ether oxygens (including phenoxy) is 1. The van der Waals surface area contributed by atoms with Crippen LogP contribution < -0.4 is 5.32 Å². The molecule has 2 N–H and O–H groups in total. The molecule has 1 atom stereocenters. The highest BCUT2D eigenvalue weighted by Gasteiger charge is 2.06. The van der Waals surface area contributed by atoms with E-state index in [0.29, 0.717) is 6.42 Å². The van der Waals surface area contributed by atoms with Gasteiger partial charge in [0.25, 0.3) is 0 Å². The van der Waals surface area contributed by atoms with Crippen LogP contribution in [0.5, 0.6) is 0 Å². The zero-order valence-electron chi connectivity index (χ0n) is 10.2. The van der Waals surface area contributed by atoms with Crippen LogP contribution in [-0.2, 0) is 22.5 Å². The highest BCUT2D eigenvalue weighted by atomic mass is 32.1. The number of hydrogen-bond acceptors (Lipinski definition) is 5. The number of esters is 1. The molecule has 0 bridgehead atoms. The van der Waals surface area contributed by atoms with Crippen molar-refractivity contribution < 1.29 is 14.6 Å². The molecule has 0 aliphatic carbocycles. The molecule has 96 valence electrons. The number of thiophene rings is 1. The van der Waals surface area contributed by atoms with E-state index in [4.69, 9.17) is 5.11 Å². The fourth-order valence-corrected chi connectivity index (χ4v) is 2.31. The van der Waals surface area contributed by atoms with Gasteiger partial charge in [-0.15, -0.1) is 11.3 Å². The summed E-state index contributed by atoms with van der Waals surface area (Å²) in [6, 6.07) is 3.97. The van der Waals surface area contributed by atoms with Gasteiger partial charge in [-0.3, -0.25) is 4.79 Å². The highest BCUT2D eigenvalue weighted by molar-refractivity contribution is 7.12. The zero-order valence-corrected chi connectivity index (χ0v) is 11.0. The van der Waals surface area contributed by atoms with Crippen LogP contribution in [0.1, 0.15) is 16.7 Å². The van der Waals surface area contributed by atoms with E-state index < -0.39 is 0 Å². The Kier molecular flexibility index (Phi) is 6.18. The monoisotopic (exact) mass is 257 g/mol. The third-order valence-corrected chi connectivity index (χ3v) is 3.45. The summed E-state index contributed by atoms with van der Waals surface area (Å²) in [5.41, 5.74) is 0. The molecule has 5 heteroatoms. The summed E-state index contributed by atoms with van der Waals surface area (Å²) in [5.74, 6) is 0.0600. The maximum absolute atomic E-state index is 11.1. The smallest absolute Gasteiger partial charge is 0.310 e. The van der Waals surface area contributed by atoms with Gasteiger partial charge in [-0.2, -0.15) is 0 Å². The van der Waals surface area contributed by atoms with Crippen molar-refractivity contribution in [1.29, 1.82) is 0 Å². The Labute approximate surface area is 106 Å². The molecule has 0 radical (unpaired) electrons. The summed E-state index contributed by atoms with van der Waals surface area (Å²) < 4.78 is 4.61. The molecule has 0 saturated carbocycles. The molecule has 0 fully saturated rings. The normalized spacial score (nSPS) is 12.4. The van der Waals surface area contributed by atoms with E-state index in [1.807, 2.05) is 19.1 Å².